The molecule has 0 fully saturated rings. The molecule has 0 saturated carbocycles. The predicted molar refractivity (Wildman–Crippen MR) is 71.8 cm³/mol. The van der Waals surface area contributed by atoms with Crippen molar-refractivity contribution in [2.75, 3.05) is 6.26 Å². The molecule has 0 aliphatic rings. The molecule has 0 saturated heterocycles. The van der Waals surface area contributed by atoms with Crippen LogP contribution in [0.25, 0.3) is 0 Å². The molecule has 0 aliphatic heterocycles. The molecule has 1 N–H and O–H groups in total. The third-order valence-electron chi connectivity index (χ3n) is 2.14. The first-order valence-electron chi connectivity index (χ1n) is 5.21. The maximum atomic E-state index is 11.8. The van der Waals surface area contributed by atoms with Crippen LogP contribution in [0.15, 0.2) is 49.2 Å². The minimum absolute atomic E-state index is 0.0868. The van der Waals surface area contributed by atoms with Crippen molar-refractivity contribution in [3.63, 3.8) is 0 Å². The van der Waals surface area contributed by atoms with Gasteiger partial charge < -0.3 is 5.32 Å². The summed E-state index contributed by atoms with van der Waals surface area (Å²) in [5.74, 6) is -0.425. The summed E-state index contributed by atoms with van der Waals surface area (Å²) in [6, 6.07) is 6.47. The number of allylic oxidation sites excluding steroid dienone is 1. The fourth-order valence-electron chi connectivity index (χ4n) is 1.37. The Morgan fingerprint density at radius 2 is 2.11 bits per heavy atom. The van der Waals surface area contributed by atoms with Crippen molar-refractivity contribution < 1.29 is 13.2 Å². The van der Waals surface area contributed by atoms with E-state index in [2.05, 4.69) is 18.5 Å². The lowest BCUT2D eigenvalue weighted by Gasteiger charge is -2.06. The fourth-order valence-corrected chi connectivity index (χ4v) is 2.16. The second-order valence-electron chi connectivity index (χ2n) is 3.95. The normalized spacial score (nSPS) is 10.7. The lowest BCUT2D eigenvalue weighted by molar-refractivity contribution is 0.0967. The van der Waals surface area contributed by atoms with Crippen molar-refractivity contribution in [2.24, 2.45) is 0 Å². The number of sulfone groups is 1. The van der Waals surface area contributed by atoms with E-state index in [9.17, 15) is 13.2 Å². The third kappa shape index (κ3) is 4.55. The number of hydrogen-bond donors (Lipinski definition) is 1. The van der Waals surface area contributed by atoms with Crippen molar-refractivity contribution in [3.05, 3.63) is 60.3 Å². The van der Waals surface area contributed by atoms with Gasteiger partial charge in [-0.3, -0.25) is 4.79 Å². The van der Waals surface area contributed by atoms with Gasteiger partial charge in [0.25, 0.3) is 5.91 Å². The Bertz CT molecular complexity index is 588. The third-order valence-corrected chi connectivity index (χ3v) is 3.00. The molecule has 0 heterocycles. The Labute approximate surface area is 107 Å². The SMILES string of the molecule is C=CC(=C)NC(=O)c1cccc(CS(C)(=O)=O)c1. The van der Waals surface area contributed by atoms with E-state index in [1.165, 1.54) is 6.08 Å². The Hall–Kier alpha value is -1.88. The van der Waals surface area contributed by atoms with Crippen LogP contribution in [-0.2, 0) is 15.6 Å². The largest absolute Gasteiger partial charge is 0.323 e. The number of rotatable bonds is 5. The molecule has 1 amide bonds. The lowest BCUT2D eigenvalue weighted by Crippen LogP contribution is -2.21. The first kappa shape index (κ1) is 14.2. The number of carbonyl (C=O) groups is 1. The molecule has 0 radical (unpaired) electrons. The van der Waals surface area contributed by atoms with Crippen molar-refractivity contribution in [2.45, 2.75) is 5.75 Å². The number of nitrogens with one attached hydrogen (secondary N) is 1. The van der Waals surface area contributed by atoms with E-state index < -0.39 is 9.84 Å². The molecular formula is C13H15NO3S. The van der Waals surface area contributed by atoms with Crippen molar-refractivity contribution in [1.29, 1.82) is 0 Å². The van der Waals surface area contributed by atoms with Gasteiger partial charge in [0.2, 0.25) is 0 Å². The molecule has 18 heavy (non-hydrogen) atoms. The lowest BCUT2D eigenvalue weighted by atomic mass is 10.1. The maximum Gasteiger partial charge on any atom is 0.255 e. The van der Waals surface area contributed by atoms with Gasteiger partial charge in [0.05, 0.1) is 5.75 Å². The highest BCUT2D eigenvalue weighted by molar-refractivity contribution is 7.89. The maximum absolute atomic E-state index is 11.8. The Morgan fingerprint density at radius 1 is 1.44 bits per heavy atom. The van der Waals surface area contributed by atoms with E-state index in [1.807, 2.05) is 0 Å². The molecule has 4 nitrogen and oxygen atoms in total. The van der Waals surface area contributed by atoms with Gasteiger partial charge in [-0.15, -0.1) is 0 Å². The summed E-state index contributed by atoms with van der Waals surface area (Å²) >= 11 is 0. The van der Waals surface area contributed by atoms with Crippen LogP contribution < -0.4 is 5.32 Å². The van der Waals surface area contributed by atoms with Gasteiger partial charge in [0.15, 0.2) is 9.84 Å². The van der Waals surface area contributed by atoms with Gasteiger partial charge in [-0.25, -0.2) is 8.42 Å². The quantitative estimate of drug-likeness (QED) is 0.824. The van der Waals surface area contributed by atoms with Crippen molar-refractivity contribution in [3.8, 4) is 0 Å². The first-order valence-corrected chi connectivity index (χ1v) is 7.27. The Balaban J connectivity index is 2.91. The molecule has 5 heteroatoms. The number of amides is 1. The second-order valence-corrected chi connectivity index (χ2v) is 6.09. The predicted octanol–water partition coefficient (Wildman–Crippen LogP) is 1.66. The number of hydrogen-bond acceptors (Lipinski definition) is 3. The van der Waals surface area contributed by atoms with E-state index >= 15 is 0 Å². The summed E-state index contributed by atoms with van der Waals surface area (Å²) in [6.45, 7) is 7.05. The molecule has 0 unspecified atom stereocenters. The average molecular weight is 265 g/mol. The number of benzene rings is 1. The van der Waals surface area contributed by atoms with Crippen LogP contribution in [0.3, 0.4) is 0 Å². The van der Waals surface area contributed by atoms with Gasteiger partial charge in [-0.1, -0.05) is 25.3 Å². The standard InChI is InChI=1S/C13H15NO3S/c1-4-10(2)14-13(15)12-7-5-6-11(8-12)9-18(3,16)17/h4-8H,1-2,9H2,3H3,(H,14,15). The van der Waals surface area contributed by atoms with Crippen LogP contribution in [-0.4, -0.2) is 20.6 Å². The molecule has 0 bridgehead atoms. The molecule has 0 atom stereocenters. The van der Waals surface area contributed by atoms with Crippen molar-refractivity contribution >= 4 is 15.7 Å². The highest BCUT2D eigenvalue weighted by Gasteiger charge is 2.09. The number of carbonyl (C=O) groups excluding carboxylic acids is 1. The molecule has 0 aromatic heterocycles. The monoisotopic (exact) mass is 265 g/mol. The summed E-state index contributed by atoms with van der Waals surface area (Å²) in [5, 5.41) is 2.54. The van der Waals surface area contributed by atoms with Crippen LogP contribution in [0.5, 0.6) is 0 Å². The van der Waals surface area contributed by atoms with E-state index in [1.54, 1.807) is 24.3 Å². The van der Waals surface area contributed by atoms with E-state index in [0.29, 0.717) is 16.8 Å². The first-order chi connectivity index (χ1) is 8.31. The molecule has 96 valence electrons. The molecular weight excluding hydrogens is 250 g/mol. The average Bonchev–Trinajstić information content (AvgIpc) is 2.26. The van der Waals surface area contributed by atoms with Gasteiger partial charge in [0.1, 0.15) is 0 Å². The summed E-state index contributed by atoms with van der Waals surface area (Å²) in [7, 11) is -3.11. The molecule has 1 rings (SSSR count). The van der Waals surface area contributed by atoms with Gasteiger partial charge in [-0.2, -0.15) is 0 Å². The van der Waals surface area contributed by atoms with E-state index in [4.69, 9.17) is 0 Å². The summed E-state index contributed by atoms with van der Waals surface area (Å²) in [5.41, 5.74) is 1.36. The highest BCUT2D eigenvalue weighted by atomic mass is 32.2. The van der Waals surface area contributed by atoms with Gasteiger partial charge in [0, 0.05) is 17.5 Å². The highest BCUT2D eigenvalue weighted by Crippen LogP contribution is 2.09. The molecule has 0 aliphatic carbocycles. The summed E-state index contributed by atoms with van der Waals surface area (Å²) in [6.07, 6.45) is 2.58. The fraction of sp³-hybridized carbons (Fsp3) is 0.154. The van der Waals surface area contributed by atoms with Gasteiger partial charge >= 0.3 is 0 Å². The summed E-state index contributed by atoms with van der Waals surface area (Å²) < 4.78 is 22.4. The van der Waals surface area contributed by atoms with Crippen LogP contribution in [0.1, 0.15) is 15.9 Å². The minimum atomic E-state index is -3.11. The molecule has 1 aromatic rings. The molecule has 1 aromatic carbocycles. The van der Waals surface area contributed by atoms with Crippen LogP contribution >= 0.6 is 0 Å². The zero-order valence-electron chi connectivity index (χ0n) is 10.1. The minimum Gasteiger partial charge on any atom is -0.323 e. The van der Waals surface area contributed by atoms with Crippen molar-refractivity contribution in [1.82, 2.24) is 5.32 Å². The zero-order chi connectivity index (χ0) is 13.8. The topological polar surface area (TPSA) is 63.2 Å². The van der Waals surface area contributed by atoms with Crippen LogP contribution in [0.4, 0.5) is 0 Å². The Morgan fingerprint density at radius 3 is 2.67 bits per heavy atom. The Kier molecular flexibility index (Phi) is 4.44. The summed E-state index contributed by atoms with van der Waals surface area (Å²) in [4.78, 5) is 11.8. The van der Waals surface area contributed by atoms with Gasteiger partial charge in [-0.05, 0) is 23.8 Å². The smallest absolute Gasteiger partial charge is 0.255 e. The van der Waals surface area contributed by atoms with E-state index in [-0.39, 0.29) is 11.7 Å². The van der Waals surface area contributed by atoms with E-state index in [0.717, 1.165) is 6.26 Å². The zero-order valence-corrected chi connectivity index (χ0v) is 11.0. The molecule has 0 spiro atoms. The second kappa shape index (κ2) is 5.64. The van der Waals surface area contributed by atoms with Crippen LogP contribution in [0, 0.1) is 0 Å². The van der Waals surface area contributed by atoms with Crippen LogP contribution in [0.2, 0.25) is 0 Å².